The third-order valence-corrected chi connectivity index (χ3v) is 2.89. The summed E-state index contributed by atoms with van der Waals surface area (Å²) in [6.45, 7) is 2.84. The summed E-state index contributed by atoms with van der Waals surface area (Å²) in [5.41, 5.74) is 3.42. The lowest BCUT2D eigenvalue weighted by atomic mass is 10.2. The SMILES string of the molecule is Cc1ccc(N(C)Cc2cc(Cl)ccn2)cc1. The zero-order valence-corrected chi connectivity index (χ0v) is 10.8. The molecule has 0 unspecified atom stereocenters. The Labute approximate surface area is 107 Å². The lowest BCUT2D eigenvalue weighted by molar-refractivity contribution is 0.885. The highest BCUT2D eigenvalue weighted by Gasteiger charge is 2.03. The summed E-state index contributed by atoms with van der Waals surface area (Å²) >= 11 is 5.94. The summed E-state index contributed by atoms with van der Waals surface area (Å²) in [7, 11) is 2.05. The van der Waals surface area contributed by atoms with E-state index in [9.17, 15) is 0 Å². The van der Waals surface area contributed by atoms with Gasteiger partial charge in [-0.15, -0.1) is 0 Å². The molecule has 0 saturated carbocycles. The Morgan fingerprint density at radius 2 is 1.88 bits per heavy atom. The standard InChI is InChI=1S/C14H15ClN2/c1-11-3-5-14(6-4-11)17(2)10-13-9-12(15)7-8-16-13/h3-9H,10H2,1-2H3. The molecule has 2 rings (SSSR count). The third kappa shape index (κ3) is 3.21. The van der Waals surface area contributed by atoms with Gasteiger partial charge in [-0.3, -0.25) is 4.98 Å². The Kier molecular flexibility index (Phi) is 3.64. The van der Waals surface area contributed by atoms with Gasteiger partial charge in [0.05, 0.1) is 12.2 Å². The first-order valence-corrected chi connectivity index (χ1v) is 5.91. The van der Waals surface area contributed by atoms with Gasteiger partial charge in [0.15, 0.2) is 0 Å². The zero-order valence-electron chi connectivity index (χ0n) is 10.0. The average molecular weight is 247 g/mol. The molecule has 0 aliphatic carbocycles. The number of nitrogens with zero attached hydrogens (tertiary/aromatic N) is 2. The van der Waals surface area contributed by atoms with Crippen LogP contribution in [0.15, 0.2) is 42.6 Å². The molecule has 0 fully saturated rings. The van der Waals surface area contributed by atoms with Crippen LogP contribution in [0.2, 0.25) is 5.02 Å². The van der Waals surface area contributed by atoms with Crippen LogP contribution in [0.25, 0.3) is 0 Å². The van der Waals surface area contributed by atoms with Gasteiger partial charge in [0.2, 0.25) is 0 Å². The molecule has 0 saturated heterocycles. The van der Waals surface area contributed by atoms with Crippen molar-refractivity contribution >= 4 is 17.3 Å². The second-order valence-electron chi connectivity index (χ2n) is 4.16. The topological polar surface area (TPSA) is 16.1 Å². The van der Waals surface area contributed by atoms with Crippen LogP contribution in [0.3, 0.4) is 0 Å². The molecule has 1 heterocycles. The fourth-order valence-corrected chi connectivity index (χ4v) is 1.85. The number of rotatable bonds is 3. The highest BCUT2D eigenvalue weighted by Crippen LogP contribution is 2.16. The minimum Gasteiger partial charge on any atom is -0.369 e. The highest BCUT2D eigenvalue weighted by atomic mass is 35.5. The van der Waals surface area contributed by atoms with Gasteiger partial charge in [-0.25, -0.2) is 0 Å². The Morgan fingerprint density at radius 3 is 2.53 bits per heavy atom. The summed E-state index contributed by atoms with van der Waals surface area (Å²) in [4.78, 5) is 6.45. The molecule has 0 aliphatic heterocycles. The number of aryl methyl sites for hydroxylation is 1. The van der Waals surface area contributed by atoms with E-state index in [0.717, 1.165) is 17.3 Å². The summed E-state index contributed by atoms with van der Waals surface area (Å²) in [6.07, 6.45) is 1.74. The van der Waals surface area contributed by atoms with E-state index in [-0.39, 0.29) is 0 Å². The number of anilines is 1. The van der Waals surface area contributed by atoms with Crippen molar-refractivity contribution < 1.29 is 0 Å². The molecule has 2 nitrogen and oxygen atoms in total. The number of pyridine rings is 1. The van der Waals surface area contributed by atoms with Crippen LogP contribution in [0.1, 0.15) is 11.3 Å². The van der Waals surface area contributed by atoms with Crippen molar-refractivity contribution in [3.63, 3.8) is 0 Å². The molecule has 17 heavy (non-hydrogen) atoms. The van der Waals surface area contributed by atoms with Gasteiger partial charge < -0.3 is 4.90 Å². The van der Waals surface area contributed by atoms with Crippen LogP contribution < -0.4 is 4.90 Å². The van der Waals surface area contributed by atoms with E-state index in [1.165, 1.54) is 11.3 Å². The van der Waals surface area contributed by atoms with Gasteiger partial charge in [-0.2, -0.15) is 0 Å². The van der Waals surface area contributed by atoms with Crippen LogP contribution in [0.4, 0.5) is 5.69 Å². The van der Waals surface area contributed by atoms with Gasteiger partial charge in [0.1, 0.15) is 0 Å². The molecule has 1 aromatic heterocycles. The third-order valence-electron chi connectivity index (χ3n) is 2.65. The fraction of sp³-hybridized carbons (Fsp3) is 0.214. The van der Waals surface area contributed by atoms with E-state index in [1.54, 1.807) is 12.3 Å². The predicted octanol–water partition coefficient (Wildman–Crippen LogP) is 3.68. The first kappa shape index (κ1) is 11.9. The smallest absolute Gasteiger partial charge is 0.0611 e. The molecular weight excluding hydrogens is 232 g/mol. The maximum atomic E-state index is 5.94. The first-order valence-electron chi connectivity index (χ1n) is 5.53. The summed E-state index contributed by atoms with van der Waals surface area (Å²) in [5, 5.41) is 0.729. The molecular formula is C14H15ClN2. The molecule has 0 bridgehead atoms. The number of halogens is 1. The van der Waals surface area contributed by atoms with Crippen molar-refractivity contribution in [3.8, 4) is 0 Å². The highest BCUT2D eigenvalue weighted by molar-refractivity contribution is 6.30. The van der Waals surface area contributed by atoms with Crippen LogP contribution in [-0.4, -0.2) is 12.0 Å². The molecule has 2 aromatic rings. The van der Waals surface area contributed by atoms with E-state index in [0.29, 0.717) is 0 Å². The summed E-state index contributed by atoms with van der Waals surface area (Å²) in [5.74, 6) is 0. The number of hydrogen-bond acceptors (Lipinski definition) is 2. The van der Waals surface area contributed by atoms with Gasteiger partial charge in [-0.05, 0) is 31.2 Å². The van der Waals surface area contributed by atoms with Gasteiger partial charge >= 0.3 is 0 Å². The van der Waals surface area contributed by atoms with Crippen molar-refractivity contribution in [1.82, 2.24) is 4.98 Å². The zero-order chi connectivity index (χ0) is 12.3. The number of benzene rings is 1. The van der Waals surface area contributed by atoms with Gasteiger partial charge in [-0.1, -0.05) is 29.3 Å². The predicted molar refractivity (Wildman–Crippen MR) is 72.5 cm³/mol. The maximum Gasteiger partial charge on any atom is 0.0611 e. The second kappa shape index (κ2) is 5.19. The minimum atomic E-state index is 0.729. The second-order valence-corrected chi connectivity index (χ2v) is 4.59. The molecule has 1 aromatic carbocycles. The minimum absolute atomic E-state index is 0.729. The van der Waals surface area contributed by atoms with Crippen LogP contribution >= 0.6 is 11.6 Å². The Hall–Kier alpha value is -1.54. The van der Waals surface area contributed by atoms with Crippen molar-refractivity contribution in [3.05, 3.63) is 58.9 Å². The van der Waals surface area contributed by atoms with Crippen LogP contribution in [-0.2, 0) is 6.54 Å². The van der Waals surface area contributed by atoms with Gasteiger partial charge in [0, 0.05) is 24.0 Å². The molecule has 0 N–H and O–H groups in total. The number of aromatic nitrogens is 1. The lowest BCUT2D eigenvalue weighted by Crippen LogP contribution is -2.17. The summed E-state index contributed by atoms with van der Waals surface area (Å²) < 4.78 is 0. The van der Waals surface area contributed by atoms with Gasteiger partial charge in [0.25, 0.3) is 0 Å². The molecule has 0 radical (unpaired) electrons. The molecule has 88 valence electrons. The largest absolute Gasteiger partial charge is 0.369 e. The Morgan fingerprint density at radius 1 is 1.18 bits per heavy atom. The van der Waals surface area contributed by atoms with E-state index in [4.69, 9.17) is 11.6 Å². The monoisotopic (exact) mass is 246 g/mol. The average Bonchev–Trinajstić information content (AvgIpc) is 2.29. The summed E-state index contributed by atoms with van der Waals surface area (Å²) in [6, 6.07) is 12.1. The van der Waals surface area contributed by atoms with E-state index in [1.807, 2.05) is 13.1 Å². The van der Waals surface area contributed by atoms with Crippen LogP contribution in [0.5, 0.6) is 0 Å². The van der Waals surface area contributed by atoms with Crippen molar-refractivity contribution in [2.24, 2.45) is 0 Å². The molecule has 3 heteroatoms. The molecule has 0 atom stereocenters. The number of hydrogen-bond donors (Lipinski definition) is 0. The molecule has 0 amide bonds. The van der Waals surface area contributed by atoms with E-state index < -0.39 is 0 Å². The fourth-order valence-electron chi connectivity index (χ4n) is 1.67. The maximum absolute atomic E-state index is 5.94. The van der Waals surface area contributed by atoms with E-state index in [2.05, 4.69) is 41.1 Å². The molecule has 0 spiro atoms. The Bertz CT molecular complexity index is 494. The lowest BCUT2D eigenvalue weighted by Gasteiger charge is -2.19. The van der Waals surface area contributed by atoms with Crippen molar-refractivity contribution in [1.29, 1.82) is 0 Å². The normalized spacial score (nSPS) is 10.3. The Balaban J connectivity index is 2.11. The molecule has 0 aliphatic rings. The van der Waals surface area contributed by atoms with Crippen LogP contribution in [0, 0.1) is 6.92 Å². The first-order chi connectivity index (χ1) is 8.15. The van der Waals surface area contributed by atoms with E-state index >= 15 is 0 Å². The van der Waals surface area contributed by atoms with Crippen molar-refractivity contribution in [2.45, 2.75) is 13.5 Å². The quantitative estimate of drug-likeness (QED) is 0.821. The van der Waals surface area contributed by atoms with Crippen molar-refractivity contribution in [2.75, 3.05) is 11.9 Å².